The van der Waals surface area contributed by atoms with Crippen LogP contribution in [0.5, 0.6) is 0 Å². The van der Waals surface area contributed by atoms with E-state index in [1.54, 1.807) is 12.1 Å². The van der Waals surface area contributed by atoms with Crippen molar-refractivity contribution < 1.29 is 27.8 Å². The normalized spacial score (nSPS) is 17.3. The van der Waals surface area contributed by atoms with Crippen LogP contribution in [0.15, 0.2) is 53.3 Å². The van der Waals surface area contributed by atoms with Gasteiger partial charge in [0.1, 0.15) is 6.10 Å². The molecule has 1 fully saturated rings. The summed E-state index contributed by atoms with van der Waals surface area (Å²) in [7, 11) is 0. The lowest BCUT2D eigenvalue weighted by Crippen LogP contribution is -2.39. The van der Waals surface area contributed by atoms with E-state index >= 15 is 0 Å². The molecular formula is C22H19F3N2O4. The van der Waals surface area contributed by atoms with Crippen molar-refractivity contribution in [3.8, 4) is 11.3 Å². The quantitative estimate of drug-likeness (QED) is 0.646. The van der Waals surface area contributed by atoms with Gasteiger partial charge in [-0.15, -0.1) is 0 Å². The molecular weight excluding hydrogens is 413 g/mol. The Morgan fingerprint density at radius 2 is 1.81 bits per heavy atom. The maximum Gasteiger partial charge on any atom is 0.417 e. The highest BCUT2D eigenvalue weighted by Gasteiger charge is 2.41. The maximum atomic E-state index is 13.4. The summed E-state index contributed by atoms with van der Waals surface area (Å²) < 4.78 is 45.3. The smallest absolute Gasteiger partial charge is 0.417 e. The number of fused-ring (bicyclic) bond motifs is 1. The first-order valence-corrected chi connectivity index (χ1v) is 9.49. The molecule has 0 radical (unpaired) electrons. The van der Waals surface area contributed by atoms with Gasteiger partial charge < -0.3 is 14.8 Å². The number of nitrogens with zero attached hydrogens (tertiary/aromatic N) is 1. The molecule has 0 spiro atoms. The Hall–Kier alpha value is -3.33. The number of hydrogen-bond acceptors (Lipinski definition) is 4. The lowest BCUT2D eigenvalue weighted by Gasteiger charge is -2.23. The van der Waals surface area contributed by atoms with Crippen LogP contribution < -0.4 is 10.5 Å². The summed E-state index contributed by atoms with van der Waals surface area (Å²) in [6.45, 7) is 3.16. The highest BCUT2D eigenvalue weighted by atomic mass is 19.4. The second-order valence-electron chi connectivity index (χ2n) is 7.96. The van der Waals surface area contributed by atoms with Crippen molar-refractivity contribution in [1.29, 1.82) is 0 Å². The first kappa shape index (κ1) is 20.9. The Kier molecular flexibility index (Phi) is 4.81. The van der Waals surface area contributed by atoms with Gasteiger partial charge in [0.05, 0.1) is 17.7 Å². The number of ether oxygens (including phenoxy) is 1. The van der Waals surface area contributed by atoms with Crippen LogP contribution in [0.1, 0.15) is 19.4 Å². The van der Waals surface area contributed by atoms with Gasteiger partial charge in [-0.05, 0) is 43.5 Å². The highest BCUT2D eigenvalue weighted by molar-refractivity contribution is 5.95. The molecule has 1 aliphatic rings. The predicted octanol–water partition coefficient (Wildman–Crippen LogP) is 4.31. The largest absolute Gasteiger partial charge is 0.441 e. The van der Waals surface area contributed by atoms with Crippen LogP contribution in [0.2, 0.25) is 0 Å². The Bertz CT molecular complexity index is 1230. The molecule has 2 aromatic carbocycles. The summed E-state index contributed by atoms with van der Waals surface area (Å²) in [5.41, 5.74) is -2.37. The first-order valence-electron chi connectivity index (χ1n) is 9.49. The lowest BCUT2D eigenvalue weighted by molar-refractivity contribution is -0.137. The van der Waals surface area contributed by atoms with Crippen molar-refractivity contribution in [2.24, 2.45) is 0 Å². The molecule has 1 aliphatic heterocycles. The average Bonchev–Trinajstić information content (AvgIpc) is 3.09. The van der Waals surface area contributed by atoms with E-state index in [0.717, 1.165) is 6.07 Å². The number of H-pyrrole nitrogens is 1. The molecule has 162 valence electrons. The van der Waals surface area contributed by atoms with Gasteiger partial charge in [-0.2, -0.15) is 13.2 Å². The molecule has 31 heavy (non-hydrogen) atoms. The van der Waals surface area contributed by atoms with Crippen LogP contribution in [0, 0.1) is 0 Å². The molecule has 3 aromatic rings. The van der Waals surface area contributed by atoms with Crippen molar-refractivity contribution >= 4 is 22.6 Å². The second kappa shape index (κ2) is 7.12. The zero-order chi connectivity index (χ0) is 22.6. The first-order chi connectivity index (χ1) is 14.4. The second-order valence-corrected chi connectivity index (χ2v) is 7.96. The van der Waals surface area contributed by atoms with Gasteiger partial charge in [0.2, 0.25) is 0 Å². The zero-order valence-electron chi connectivity index (χ0n) is 16.7. The molecule has 6 nitrogen and oxygen atoms in total. The van der Waals surface area contributed by atoms with Crippen LogP contribution >= 0.6 is 0 Å². The number of cyclic esters (lactones) is 1. The maximum absolute atomic E-state index is 13.4. The van der Waals surface area contributed by atoms with E-state index < -0.39 is 35.1 Å². The molecule has 0 bridgehead atoms. The van der Waals surface area contributed by atoms with Crippen LogP contribution in [0.3, 0.4) is 0 Å². The molecule has 4 rings (SSSR count). The third kappa shape index (κ3) is 3.88. The number of aromatic nitrogens is 1. The SMILES string of the molecule is CC(C)(O)C1CN(c2ccc3cc(-c4ccccc4C(F)(F)F)[nH]c(=O)c3c2)C(=O)O1. The molecule has 1 unspecified atom stereocenters. The molecule has 1 atom stereocenters. The van der Waals surface area contributed by atoms with Crippen LogP contribution in [0.4, 0.5) is 23.7 Å². The number of alkyl halides is 3. The summed E-state index contributed by atoms with van der Waals surface area (Å²) >= 11 is 0. The number of carbonyl (C=O) groups is 1. The molecule has 1 saturated heterocycles. The van der Waals surface area contributed by atoms with E-state index in [1.165, 1.54) is 49.1 Å². The minimum atomic E-state index is -4.57. The minimum Gasteiger partial charge on any atom is -0.441 e. The molecule has 2 heterocycles. The van der Waals surface area contributed by atoms with Gasteiger partial charge in [0.25, 0.3) is 5.56 Å². The number of carbonyl (C=O) groups excluding carboxylic acids is 1. The van der Waals surface area contributed by atoms with E-state index in [1.807, 2.05) is 0 Å². The van der Waals surface area contributed by atoms with E-state index in [-0.39, 0.29) is 23.2 Å². The molecule has 0 aliphatic carbocycles. The van der Waals surface area contributed by atoms with Crippen molar-refractivity contribution in [3.63, 3.8) is 0 Å². The Morgan fingerprint density at radius 3 is 2.45 bits per heavy atom. The fourth-order valence-electron chi connectivity index (χ4n) is 3.57. The van der Waals surface area contributed by atoms with E-state index in [9.17, 15) is 27.9 Å². The monoisotopic (exact) mass is 432 g/mol. The summed E-state index contributed by atoms with van der Waals surface area (Å²) in [4.78, 5) is 28.7. The van der Waals surface area contributed by atoms with Crippen molar-refractivity contribution in [2.75, 3.05) is 11.4 Å². The predicted molar refractivity (Wildman–Crippen MR) is 109 cm³/mol. The highest BCUT2D eigenvalue weighted by Crippen LogP contribution is 2.37. The fraction of sp³-hybridized carbons (Fsp3) is 0.273. The Balaban J connectivity index is 1.76. The number of pyridine rings is 1. The van der Waals surface area contributed by atoms with Crippen LogP contribution in [-0.2, 0) is 10.9 Å². The van der Waals surface area contributed by atoms with Crippen LogP contribution in [0.25, 0.3) is 22.0 Å². The number of nitrogens with one attached hydrogen (secondary N) is 1. The topological polar surface area (TPSA) is 82.6 Å². The van der Waals surface area contributed by atoms with Gasteiger partial charge in [-0.1, -0.05) is 24.3 Å². The Morgan fingerprint density at radius 1 is 1.10 bits per heavy atom. The number of rotatable bonds is 3. The standard InChI is InChI=1S/C22H19F3N2O4/c1-21(2,30)18-11-27(20(29)31-18)13-8-7-12-9-17(26-19(28)15(12)10-13)14-5-3-4-6-16(14)22(23,24)25/h3-10,18,30H,11H2,1-2H3,(H,26,28). The third-order valence-corrected chi connectivity index (χ3v) is 5.26. The zero-order valence-corrected chi connectivity index (χ0v) is 16.7. The number of halogens is 3. The molecule has 1 amide bonds. The number of anilines is 1. The minimum absolute atomic E-state index is 0.0425. The van der Waals surface area contributed by atoms with Gasteiger partial charge >= 0.3 is 12.3 Å². The summed E-state index contributed by atoms with van der Waals surface area (Å²) in [6.07, 6.45) is -5.96. The van der Waals surface area contributed by atoms with E-state index in [4.69, 9.17) is 4.74 Å². The Labute approximate surface area is 174 Å². The van der Waals surface area contributed by atoms with Gasteiger partial charge in [0.15, 0.2) is 0 Å². The summed E-state index contributed by atoms with van der Waals surface area (Å²) in [6, 6.07) is 11.1. The lowest BCUT2D eigenvalue weighted by atomic mass is 10.0. The fourth-order valence-corrected chi connectivity index (χ4v) is 3.57. The number of amides is 1. The van der Waals surface area contributed by atoms with Gasteiger partial charge in [-0.25, -0.2) is 4.79 Å². The van der Waals surface area contributed by atoms with Gasteiger partial charge in [-0.3, -0.25) is 9.69 Å². The van der Waals surface area contributed by atoms with Gasteiger partial charge in [0, 0.05) is 22.3 Å². The molecule has 0 saturated carbocycles. The third-order valence-electron chi connectivity index (χ3n) is 5.26. The summed E-state index contributed by atoms with van der Waals surface area (Å²) in [5, 5.41) is 10.7. The molecule has 9 heteroatoms. The van der Waals surface area contributed by atoms with Crippen molar-refractivity contribution in [2.45, 2.75) is 31.7 Å². The molecule has 2 N–H and O–H groups in total. The summed E-state index contributed by atoms with van der Waals surface area (Å²) in [5.74, 6) is 0. The van der Waals surface area contributed by atoms with Crippen molar-refractivity contribution in [3.05, 3.63) is 64.4 Å². The molecule has 1 aromatic heterocycles. The van der Waals surface area contributed by atoms with E-state index in [0.29, 0.717) is 11.1 Å². The van der Waals surface area contributed by atoms with Crippen LogP contribution in [-0.4, -0.2) is 34.4 Å². The number of aliphatic hydroxyl groups is 1. The number of aromatic amines is 1. The average molecular weight is 432 g/mol. The van der Waals surface area contributed by atoms with Crippen molar-refractivity contribution in [1.82, 2.24) is 4.98 Å². The van der Waals surface area contributed by atoms with E-state index in [2.05, 4.69) is 4.98 Å². The number of benzene rings is 2. The number of hydrogen-bond donors (Lipinski definition) is 2.